The normalized spacial score (nSPS) is 11.7. The fraction of sp³-hybridized carbons (Fsp3) is 0.364. The number of hydrogen-bond acceptors (Lipinski definition) is 6. The van der Waals surface area contributed by atoms with Crippen LogP contribution in [0, 0.1) is 0 Å². The standard InChI is InChI=1S/C11H15N5O3S/c1-19-6-5-16-10(7-9-3-2-4-13-8-9)14-15-11(16)20(12,17)18/h2-4,8H,5-7H2,1H3,(H2,12,17,18). The zero-order chi connectivity index (χ0) is 14.6. The molecule has 0 aromatic carbocycles. The fourth-order valence-corrected chi connectivity index (χ4v) is 2.41. The molecule has 0 saturated heterocycles. The number of aromatic nitrogens is 4. The molecule has 0 aliphatic carbocycles. The first kappa shape index (κ1) is 14.6. The van der Waals surface area contributed by atoms with Crippen LogP contribution in [0.4, 0.5) is 0 Å². The number of rotatable bonds is 6. The number of nitrogens with two attached hydrogens (primary N) is 1. The average Bonchev–Trinajstić information content (AvgIpc) is 2.80. The number of sulfonamides is 1. The van der Waals surface area contributed by atoms with E-state index in [1.54, 1.807) is 18.5 Å². The molecule has 0 unspecified atom stereocenters. The summed E-state index contributed by atoms with van der Waals surface area (Å²) in [6, 6.07) is 3.67. The Bertz CT molecular complexity index is 669. The van der Waals surface area contributed by atoms with Crippen LogP contribution in [0.5, 0.6) is 0 Å². The van der Waals surface area contributed by atoms with Crippen molar-refractivity contribution < 1.29 is 13.2 Å². The first-order valence-electron chi connectivity index (χ1n) is 5.85. The minimum absolute atomic E-state index is 0.256. The van der Waals surface area contributed by atoms with Crippen LogP contribution in [0.15, 0.2) is 29.7 Å². The Balaban J connectivity index is 2.35. The molecular formula is C11H15N5O3S. The van der Waals surface area contributed by atoms with E-state index in [-0.39, 0.29) is 5.16 Å². The van der Waals surface area contributed by atoms with Gasteiger partial charge < -0.3 is 4.74 Å². The molecule has 2 aromatic heterocycles. The van der Waals surface area contributed by atoms with E-state index in [1.807, 2.05) is 6.07 Å². The Morgan fingerprint density at radius 3 is 2.80 bits per heavy atom. The third-order valence-electron chi connectivity index (χ3n) is 2.65. The largest absolute Gasteiger partial charge is 0.383 e. The minimum atomic E-state index is -3.92. The number of ether oxygens (including phenoxy) is 1. The Morgan fingerprint density at radius 2 is 2.20 bits per heavy atom. The van der Waals surface area contributed by atoms with E-state index in [1.165, 1.54) is 11.7 Å². The highest BCUT2D eigenvalue weighted by Crippen LogP contribution is 2.11. The van der Waals surface area contributed by atoms with Gasteiger partial charge in [0.15, 0.2) is 0 Å². The lowest BCUT2D eigenvalue weighted by atomic mass is 10.2. The lowest BCUT2D eigenvalue weighted by Gasteiger charge is -2.08. The van der Waals surface area contributed by atoms with Crippen LogP contribution in [0.3, 0.4) is 0 Å². The highest BCUT2D eigenvalue weighted by atomic mass is 32.2. The second kappa shape index (κ2) is 6.07. The summed E-state index contributed by atoms with van der Waals surface area (Å²) >= 11 is 0. The highest BCUT2D eigenvalue weighted by molar-refractivity contribution is 7.89. The van der Waals surface area contributed by atoms with E-state index in [2.05, 4.69) is 15.2 Å². The summed E-state index contributed by atoms with van der Waals surface area (Å²) in [4.78, 5) is 4.00. The molecule has 2 N–H and O–H groups in total. The molecular weight excluding hydrogens is 282 g/mol. The van der Waals surface area contributed by atoms with Crippen LogP contribution >= 0.6 is 0 Å². The zero-order valence-corrected chi connectivity index (χ0v) is 11.7. The van der Waals surface area contributed by atoms with Crippen molar-refractivity contribution in [3.63, 3.8) is 0 Å². The van der Waals surface area contributed by atoms with Gasteiger partial charge in [0.25, 0.3) is 15.2 Å². The van der Waals surface area contributed by atoms with Crippen molar-refractivity contribution in [2.24, 2.45) is 5.14 Å². The Morgan fingerprint density at radius 1 is 1.40 bits per heavy atom. The maximum atomic E-state index is 11.5. The summed E-state index contributed by atoms with van der Waals surface area (Å²) in [6.07, 6.45) is 3.76. The summed E-state index contributed by atoms with van der Waals surface area (Å²) in [7, 11) is -2.39. The van der Waals surface area contributed by atoms with Gasteiger partial charge in [-0.15, -0.1) is 10.2 Å². The summed E-state index contributed by atoms with van der Waals surface area (Å²) < 4.78 is 29.4. The molecule has 0 spiro atoms. The van der Waals surface area contributed by atoms with E-state index in [9.17, 15) is 8.42 Å². The molecule has 0 saturated carbocycles. The molecule has 2 rings (SSSR count). The van der Waals surface area contributed by atoms with Crippen LogP contribution < -0.4 is 5.14 Å². The summed E-state index contributed by atoms with van der Waals surface area (Å²) in [6.45, 7) is 0.644. The van der Waals surface area contributed by atoms with E-state index in [0.29, 0.717) is 25.4 Å². The van der Waals surface area contributed by atoms with Crippen molar-refractivity contribution in [1.82, 2.24) is 19.7 Å². The van der Waals surface area contributed by atoms with E-state index in [0.717, 1.165) is 5.56 Å². The van der Waals surface area contributed by atoms with Gasteiger partial charge in [0, 0.05) is 32.5 Å². The monoisotopic (exact) mass is 297 g/mol. The van der Waals surface area contributed by atoms with Gasteiger partial charge in [-0.25, -0.2) is 13.6 Å². The quantitative estimate of drug-likeness (QED) is 0.773. The number of hydrogen-bond donors (Lipinski definition) is 1. The maximum Gasteiger partial charge on any atom is 0.273 e. The van der Waals surface area contributed by atoms with Crippen LogP contribution in [-0.2, 0) is 27.7 Å². The van der Waals surface area contributed by atoms with Crippen molar-refractivity contribution >= 4 is 10.0 Å². The minimum Gasteiger partial charge on any atom is -0.383 e. The molecule has 0 fully saturated rings. The third kappa shape index (κ3) is 3.38. The van der Waals surface area contributed by atoms with Crippen LogP contribution in [-0.4, -0.2) is 41.9 Å². The first-order chi connectivity index (χ1) is 9.52. The molecule has 8 nitrogen and oxygen atoms in total. The molecule has 20 heavy (non-hydrogen) atoms. The van der Waals surface area contributed by atoms with Gasteiger partial charge in [-0.05, 0) is 11.6 Å². The smallest absolute Gasteiger partial charge is 0.273 e. The first-order valence-corrected chi connectivity index (χ1v) is 7.39. The SMILES string of the molecule is COCCn1c(Cc2cccnc2)nnc1S(N)(=O)=O. The fourth-order valence-electron chi connectivity index (χ4n) is 1.75. The van der Waals surface area contributed by atoms with Crippen molar-refractivity contribution in [3.05, 3.63) is 35.9 Å². The predicted octanol–water partition coefficient (Wildman–Crippen LogP) is -0.442. The summed E-state index contributed by atoms with van der Waals surface area (Å²) in [5.41, 5.74) is 0.902. The average molecular weight is 297 g/mol. The molecule has 0 radical (unpaired) electrons. The van der Waals surface area contributed by atoms with Gasteiger partial charge in [-0.1, -0.05) is 6.07 Å². The molecule has 2 aromatic rings. The van der Waals surface area contributed by atoms with E-state index in [4.69, 9.17) is 9.88 Å². The van der Waals surface area contributed by atoms with Crippen LogP contribution in [0.2, 0.25) is 0 Å². The molecule has 0 aliphatic rings. The molecule has 0 amide bonds. The zero-order valence-electron chi connectivity index (χ0n) is 10.9. The maximum absolute atomic E-state index is 11.5. The lowest BCUT2D eigenvalue weighted by molar-refractivity contribution is 0.183. The number of pyridine rings is 1. The predicted molar refractivity (Wildman–Crippen MR) is 70.3 cm³/mol. The van der Waals surface area contributed by atoms with Crippen molar-refractivity contribution in [1.29, 1.82) is 0 Å². The molecule has 0 bridgehead atoms. The van der Waals surface area contributed by atoms with Gasteiger partial charge in [-0.2, -0.15) is 0 Å². The van der Waals surface area contributed by atoms with Gasteiger partial charge >= 0.3 is 0 Å². The molecule has 108 valence electrons. The van der Waals surface area contributed by atoms with Crippen LogP contribution in [0.25, 0.3) is 0 Å². The van der Waals surface area contributed by atoms with Crippen molar-refractivity contribution in [2.45, 2.75) is 18.1 Å². The second-order valence-electron chi connectivity index (χ2n) is 4.13. The van der Waals surface area contributed by atoms with Crippen LogP contribution in [0.1, 0.15) is 11.4 Å². The molecule has 9 heteroatoms. The topological polar surface area (TPSA) is 113 Å². The second-order valence-corrected chi connectivity index (χ2v) is 5.58. The van der Waals surface area contributed by atoms with Gasteiger partial charge in [0.05, 0.1) is 6.61 Å². The summed E-state index contributed by atoms with van der Waals surface area (Å²) in [5, 5.41) is 12.4. The number of nitrogens with zero attached hydrogens (tertiary/aromatic N) is 4. The lowest BCUT2D eigenvalue weighted by Crippen LogP contribution is -2.21. The molecule has 2 heterocycles. The van der Waals surface area contributed by atoms with Crippen molar-refractivity contribution in [2.75, 3.05) is 13.7 Å². The molecule has 0 aliphatic heterocycles. The van der Waals surface area contributed by atoms with Crippen molar-refractivity contribution in [3.8, 4) is 0 Å². The number of methoxy groups -OCH3 is 1. The Kier molecular flexibility index (Phi) is 4.42. The highest BCUT2D eigenvalue weighted by Gasteiger charge is 2.21. The Hall–Kier alpha value is -1.84. The van der Waals surface area contributed by atoms with Gasteiger partial charge in [-0.3, -0.25) is 9.55 Å². The van der Waals surface area contributed by atoms with E-state index >= 15 is 0 Å². The summed E-state index contributed by atoms with van der Waals surface area (Å²) in [5.74, 6) is 0.499. The number of primary sulfonamides is 1. The molecule has 0 atom stereocenters. The van der Waals surface area contributed by atoms with E-state index < -0.39 is 10.0 Å². The Labute approximate surface area is 116 Å². The van der Waals surface area contributed by atoms with Gasteiger partial charge in [0.2, 0.25) is 0 Å². The third-order valence-corrected chi connectivity index (χ3v) is 3.46. The van der Waals surface area contributed by atoms with Gasteiger partial charge in [0.1, 0.15) is 5.82 Å².